The van der Waals surface area contributed by atoms with E-state index in [1.165, 1.54) is 36.9 Å². The molecule has 2 rings (SSSR count). The summed E-state index contributed by atoms with van der Waals surface area (Å²) < 4.78 is 36.9. The van der Waals surface area contributed by atoms with Gasteiger partial charge in [-0.05, 0) is 6.07 Å². The van der Waals surface area contributed by atoms with Crippen molar-refractivity contribution in [3.05, 3.63) is 18.3 Å². The number of anilines is 1. The van der Waals surface area contributed by atoms with Crippen molar-refractivity contribution in [1.29, 1.82) is 0 Å². The second kappa shape index (κ2) is 6.02. The van der Waals surface area contributed by atoms with Crippen molar-refractivity contribution in [2.75, 3.05) is 32.7 Å². The maximum atomic E-state index is 12.5. The highest BCUT2D eigenvalue weighted by atomic mass is 32.2. The van der Waals surface area contributed by atoms with Crippen molar-refractivity contribution in [1.82, 2.24) is 9.29 Å². The lowest BCUT2D eigenvalue weighted by atomic mass is 10.3. The fraction of sp³-hybridized carbons (Fsp3) is 0.545. The van der Waals surface area contributed by atoms with Crippen LogP contribution in [0.1, 0.15) is 0 Å². The number of methoxy groups -OCH3 is 2. The zero-order valence-corrected chi connectivity index (χ0v) is 12.1. The lowest BCUT2D eigenvalue weighted by Gasteiger charge is -2.16. The van der Waals surface area contributed by atoms with Crippen molar-refractivity contribution in [2.45, 2.75) is 17.1 Å². The molecule has 2 atom stereocenters. The topological polar surface area (TPSA) is 107 Å². The second-order valence-electron chi connectivity index (χ2n) is 4.39. The molecular formula is C11H18N4O4S. The maximum Gasteiger partial charge on any atom is 0.243 e. The molecule has 1 aromatic rings. The highest BCUT2D eigenvalue weighted by molar-refractivity contribution is 7.89. The molecule has 112 valence electrons. The van der Waals surface area contributed by atoms with Gasteiger partial charge in [-0.2, -0.15) is 4.31 Å². The SMILES string of the molecule is COC1CN(S(=O)(=O)c2ccnc(NN)c2)CC1OC. The summed E-state index contributed by atoms with van der Waals surface area (Å²) in [6.45, 7) is 0.510. The van der Waals surface area contributed by atoms with E-state index in [4.69, 9.17) is 15.3 Å². The van der Waals surface area contributed by atoms with Crippen LogP contribution in [0, 0.1) is 0 Å². The number of nitrogens with one attached hydrogen (secondary N) is 1. The van der Waals surface area contributed by atoms with Crippen LogP contribution in [0.5, 0.6) is 0 Å². The second-order valence-corrected chi connectivity index (χ2v) is 6.33. The maximum absolute atomic E-state index is 12.5. The lowest BCUT2D eigenvalue weighted by Crippen LogP contribution is -2.30. The predicted octanol–water partition coefficient (Wildman–Crippen LogP) is -0.598. The molecule has 20 heavy (non-hydrogen) atoms. The first-order valence-corrected chi connectivity index (χ1v) is 7.45. The minimum Gasteiger partial charge on any atom is -0.377 e. The number of nitrogens with zero attached hydrogens (tertiary/aromatic N) is 2. The van der Waals surface area contributed by atoms with E-state index in [0.29, 0.717) is 0 Å². The Hall–Kier alpha value is -1.26. The smallest absolute Gasteiger partial charge is 0.243 e. The molecule has 0 amide bonds. The van der Waals surface area contributed by atoms with E-state index >= 15 is 0 Å². The molecule has 0 radical (unpaired) electrons. The third-order valence-corrected chi connectivity index (χ3v) is 5.13. The number of hydrogen-bond acceptors (Lipinski definition) is 7. The molecule has 0 spiro atoms. The van der Waals surface area contributed by atoms with Crippen LogP contribution in [-0.4, -0.2) is 57.2 Å². The minimum atomic E-state index is -3.62. The highest BCUT2D eigenvalue weighted by Gasteiger charge is 2.39. The first kappa shape index (κ1) is 15.1. The van der Waals surface area contributed by atoms with Crippen LogP contribution < -0.4 is 11.3 Å². The highest BCUT2D eigenvalue weighted by Crippen LogP contribution is 2.24. The molecule has 1 aliphatic rings. The Balaban J connectivity index is 2.27. The number of sulfonamides is 1. The number of hydrogen-bond donors (Lipinski definition) is 2. The first-order chi connectivity index (χ1) is 9.52. The van der Waals surface area contributed by atoms with Crippen molar-refractivity contribution in [3.63, 3.8) is 0 Å². The van der Waals surface area contributed by atoms with E-state index in [1.54, 1.807) is 0 Å². The zero-order valence-electron chi connectivity index (χ0n) is 11.3. The van der Waals surface area contributed by atoms with Crippen molar-refractivity contribution in [3.8, 4) is 0 Å². The summed E-state index contributed by atoms with van der Waals surface area (Å²) in [6.07, 6.45) is 0.840. The third kappa shape index (κ3) is 2.76. The van der Waals surface area contributed by atoms with Crippen molar-refractivity contribution in [2.24, 2.45) is 5.84 Å². The van der Waals surface area contributed by atoms with Crippen molar-refractivity contribution < 1.29 is 17.9 Å². The molecule has 3 N–H and O–H groups in total. The number of hydrazine groups is 1. The van der Waals surface area contributed by atoms with E-state index in [9.17, 15) is 8.42 Å². The van der Waals surface area contributed by atoms with Crippen LogP contribution in [0.25, 0.3) is 0 Å². The summed E-state index contributed by atoms with van der Waals surface area (Å²) in [7, 11) is -0.545. The quantitative estimate of drug-likeness (QED) is 0.552. The Labute approximate surface area is 117 Å². The van der Waals surface area contributed by atoms with Crippen LogP contribution in [0.3, 0.4) is 0 Å². The molecule has 0 aliphatic carbocycles. The largest absolute Gasteiger partial charge is 0.377 e. The Morgan fingerprint density at radius 2 is 1.95 bits per heavy atom. The van der Waals surface area contributed by atoms with E-state index in [2.05, 4.69) is 10.4 Å². The molecule has 1 fully saturated rings. The van der Waals surface area contributed by atoms with Gasteiger partial charge in [0.15, 0.2) is 0 Å². The van der Waals surface area contributed by atoms with Crippen molar-refractivity contribution >= 4 is 15.8 Å². The number of pyridine rings is 1. The summed E-state index contributed by atoms with van der Waals surface area (Å²) in [4.78, 5) is 4.02. The normalized spacial score (nSPS) is 23.9. The van der Waals surface area contributed by atoms with Gasteiger partial charge in [-0.15, -0.1) is 0 Å². The van der Waals surface area contributed by atoms with Crippen LogP contribution in [-0.2, 0) is 19.5 Å². The molecule has 2 heterocycles. The monoisotopic (exact) mass is 302 g/mol. The average molecular weight is 302 g/mol. The van der Waals surface area contributed by atoms with Gasteiger partial charge in [-0.3, -0.25) is 0 Å². The van der Waals surface area contributed by atoms with E-state index in [1.807, 2.05) is 0 Å². The molecule has 1 saturated heterocycles. The average Bonchev–Trinajstić information content (AvgIpc) is 2.91. The molecule has 2 unspecified atom stereocenters. The third-order valence-electron chi connectivity index (χ3n) is 3.30. The molecule has 0 saturated carbocycles. The van der Waals surface area contributed by atoms with Gasteiger partial charge in [-0.1, -0.05) is 0 Å². The number of nitrogens with two attached hydrogens (primary N) is 1. The van der Waals surface area contributed by atoms with Crippen LogP contribution >= 0.6 is 0 Å². The Morgan fingerprint density at radius 1 is 1.35 bits per heavy atom. The molecule has 1 aliphatic heterocycles. The molecule has 0 aromatic carbocycles. The standard InChI is InChI=1S/C11H18N4O4S/c1-18-9-6-15(7-10(9)19-2)20(16,17)8-3-4-13-11(5-8)14-12/h3-5,9-10H,6-7,12H2,1-2H3,(H,13,14). The van der Waals surface area contributed by atoms with E-state index in [0.717, 1.165) is 0 Å². The summed E-state index contributed by atoms with van der Waals surface area (Å²) >= 11 is 0. The minimum absolute atomic E-state index is 0.132. The summed E-state index contributed by atoms with van der Waals surface area (Å²) in [5.74, 6) is 5.53. The zero-order chi connectivity index (χ0) is 14.8. The van der Waals surface area contributed by atoms with Gasteiger partial charge in [-0.25, -0.2) is 19.2 Å². The summed E-state index contributed by atoms with van der Waals surface area (Å²) in [5, 5.41) is 0. The Bertz CT molecular complexity index is 553. The summed E-state index contributed by atoms with van der Waals surface area (Å²) in [6, 6.07) is 2.81. The van der Waals surface area contributed by atoms with Gasteiger partial charge < -0.3 is 14.9 Å². The molecular weight excluding hydrogens is 284 g/mol. The Kier molecular flexibility index (Phi) is 4.55. The van der Waals surface area contributed by atoms with Gasteiger partial charge >= 0.3 is 0 Å². The van der Waals surface area contributed by atoms with Gasteiger partial charge in [0.25, 0.3) is 0 Å². The van der Waals surface area contributed by atoms with Gasteiger partial charge in [0, 0.05) is 39.6 Å². The molecule has 8 nitrogen and oxygen atoms in total. The number of rotatable bonds is 5. The molecule has 1 aromatic heterocycles. The Morgan fingerprint density at radius 3 is 2.45 bits per heavy atom. The molecule has 9 heteroatoms. The van der Waals surface area contributed by atoms with Crippen LogP contribution in [0.4, 0.5) is 5.82 Å². The number of ether oxygens (including phenoxy) is 2. The summed E-state index contributed by atoms with van der Waals surface area (Å²) in [5.41, 5.74) is 2.33. The fourth-order valence-corrected chi connectivity index (χ4v) is 3.64. The van der Waals surface area contributed by atoms with Crippen LogP contribution in [0.15, 0.2) is 23.2 Å². The van der Waals surface area contributed by atoms with Gasteiger partial charge in [0.2, 0.25) is 10.0 Å². The number of aromatic nitrogens is 1. The van der Waals surface area contributed by atoms with Gasteiger partial charge in [0.05, 0.1) is 17.1 Å². The number of nitrogen functional groups attached to an aromatic ring is 1. The van der Waals surface area contributed by atoms with Crippen LogP contribution in [0.2, 0.25) is 0 Å². The fourth-order valence-electron chi connectivity index (χ4n) is 2.16. The molecule has 0 bridgehead atoms. The van der Waals surface area contributed by atoms with E-state index < -0.39 is 10.0 Å². The lowest BCUT2D eigenvalue weighted by molar-refractivity contribution is -0.00461. The first-order valence-electron chi connectivity index (χ1n) is 6.01. The predicted molar refractivity (Wildman–Crippen MR) is 72.4 cm³/mol. The van der Waals surface area contributed by atoms with E-state index in [-0.39, 0.29) is 36.0 Å². The van der Waals surface area contributed by atoms with Gasteiger partial charge in [0.1, 0.15) is 5.82 Å².